The van der Waals surface area contributed by atoms with Crippen LogP contribution in [0, 0.1) is 0 Å². The molecule has 0 saturated heterocycles. The van der Waals surface area contributed by atoms with Crippen LogP contribution < -0.4 is 24.8 Å². The number of carbonyl (C=O) groups is 2. The van der Waals surface area contributed by atoms with Crippen LogP contribution in [0.25, 0.3) is 0 Å². The lowest BCUT2D eigenvalue weighted by Crippen LogP contribution is -2.24. The topological polar surface area (TPSA) is 85.9 Å². The van der Waals surface area contributed by atoms with Crippen molar-refractivity contribution >= 4 is 35.0 Å². The van der Waals surface area contributed by atoms with Gasteiger partial charge in [0.1, 0.15) is 17.2 Å². The molecular formula is C26H28N2O5S. The van der Waals surface area contributed by atoms with Crippen LogP contribution in [0.4, 0.5) is 11.4 Å². The Morgan fingerprint density at radius 2 is 1.56 bits per heavy atom. The molecule has 1 unspecified atom stereocenters. The molecule has 1 atom stereocenters. The van der Waals surface area contributed by atoms with E-state index >= 15 is 0 Å². The number of methoxy groups -OCH3 is 3. The highest BCUT2D eigenvalue weighted by atomic mass is 32.2. The van der Waals surface area contributed by atoms with Gasteiger partial charge in [-0.25, -0.2) is 0 Å². The molecule has 0 spiro atoms. The third-order valence-electron chi connectivity index (χ3n) is 5.05. The second kappa shape index (κ2) is 12.0. The van der Waals surface area contributed by atoms with Gasteiger partial charge in [0.2, 0.25) is 5.91 Å². The first-order valence-electron chi connectivity index (χ1n) is 10.7. The van der Waals surface area contributed by atoms with Gasteiger partial charge in [-0.3, -0.25) is 9.59 Å². The van der Waals surface area contributed by atoms with Gasteiger partial charge >= 0.3 is 0 Å². The Morgan fingerprint density at radius 3 is 2.21 bits per heavy atom. The van der Waals surface area contributed by atoms with E-state index in [0.717, 1.165) is 4.90 Å². The Kier molecular flexibility index (Phi) is 8.81. The summed E-state index contributed by atoms with van der Waals surface area (Å²) < 4.78 is 15.7. The third kappa shape index (κ3) is 6.45. The first kappa shape index (κ1) is 25.0. The van der Waals surface area contributed by atoms with E-state index < -0.39 is 0 Å². The quantitative estimate of drug-likeness (QED) is 0.374. The van der Waals surface area contributed by atoms with Crippen LogP contribution in [0.2, 0.25) is 0 Å². The summed E-state index contributed by atoms with van der Waals surface area (Å²) in [6.45, 7) is 1.95. The molecule has 0 radical (unpaired) electrons. The summed E-state index contributed by atoms with van der Waals surface area (Å²) >= 11 is 1.43. The smallest absolute Gasteiger partial charge is 0.255 e. The minimum absolute atomic E-state index is 0.147. The molecule has 3 rings (SSSR count). The van der Waals surface area contributed by atoms with Crippen molar-refractivity contribution < 1.29 is 23.8 Å². The summed E-state index contributed by atoms with van der Waals surface area (Å²) in [5, 5.41) is 5.50. The van der Waals surface area contributed by atoms with Crippen LogP contribution in [0.15, 0.2) is 71.6 Å². The van der Waals surface area contributed by atoms with E-state index in [1.165, 1.54) is 11.8 Å². The van der Waals surface area contributed by atoms with E-state index in [0.29, 0.717) is 40.6 Å². The third-order valence-corrected chi connectivity index (χ3v) is 6.41. The maximum absolute atomic E-state index is 13.0. The van der Waals surface area contributed by atoms with E-state index in [1.54, 1.807) is 63.8 Å². The normalized spacial score (nSPS) is 11.3. The molecule has 3 aromatic carbocycles. The zero-order valence-electron chi connectivity index (χ0n) is 19.6. The van der Waals surface area contributed by atoms with Crippen molar-refractivity contribution in [1.82, 2.24) is 0 Å². The van der Waals surface area contributed by atoms with E-state index in [-0.39, 0.29) is 17.1 Å². The lowest BCUT2D eigenvalue weighted by atomic mass is 10.2. The fraction of sp³-hybridized carbons (Fsp3) is 0.231. The molecule has 0 aliphatic carbocycles. The number of benzene rings is 3. The second-order valence-corrected chi connectivity index (χ2v) is 8.56. The molecule has 0 saturated carbocycles. The Hall–Kier alpha value is -3.65. The molecular weight excluding hydrogens is 452 g/mol. The Morgan fingerprint density at radius 1 is 0.853 bits per heavy atom. The van der Waals surface area contributed by atoms with Crippen molar-refractivity contribution in [3.63, 3.8) is 0 Å². The number of nitrogens with one attached hydrogen (secondary N) is 2. The average Bonchev–Trinajstić information content (AvgIpc) is 2.87. The predicted octanol–water partition coefficient (Wildman–Crippen LogP) is 5.47. The van der Waals surface area contributed by atoms with Gasteiger partial charge in [0.25, 0.3) is 5.91 Å². The molecule has 0 aliphatic heterocycles. The predicted molar refractivity (Wildman–Crippen MR) is 136 cm³/mol. The molecule has 3 aromatic rings. The van der Waals surface area contributed by atoms with E-state index in [4.69, 9.17) is 14.2 Å². The van der Waals surface area contributed by atoms with Crippen LogP contribution in [-0.4, -0.2) is 38.4 Å². The van der Waals surface area contributed by atoms with Gasteiger partial charge in [0.05, 0.1) is 32.3 Å². The second-order valence-electron chi connectivity index (χ2n) is 7.28. The molecule has 0 bridgehead atoms. The monoisotopic (exact) mass is 480 g/mol. The Bertz CT molecular complexity index is 1130. The highest BCUT2D eigenvalue weighted by molar-refractivity contribution is 8.00. The molecule has 178 valence electrons. The van der Waals surface area contributed by atoms with Crippen molar-refractivity contribution in [1.29, 1.82) is 0 Å². The van der Waals surface area contributed by atoms with Crippen molar-refractivity contribution in [2.45, 2.75) is 23.5 Å². The Labute approximate surface area is 203 Å². The fourth-order valence-electron chi connectivity index (χ4n) is 3.20. The highest BCUT2D eigenvalue weighted by Gasteiger charge is 2.20. The summed E-state index contributed by atoms with van der Waals surface area (Å²) in [5.41, 5.74) is 1.72. The summed E-state index contributed by atoms with van der Waals surface area (Å²) in [7, 11) is 4.70. The minimum atomic E-state index is -0.344. The van der Waals surface area contributed by atoms with Crippen LogP contribution in [-0.2, 0) is 4.79 Å². The number of amides is 2. The molecule has 8 heteroatoms. The molecule has 0 aromatic heterocycles. The minimum Gasteiger partial charge on any atom is -0.497 e. The number of ether oxygens (including phenoxy) is 3. The SMILES string of the molecule is CCC(Sc1cccc(NC(=O)c2ccc(OC)cc2)c1)C(=O)Nc1cc(OC)ccc1OC. The zero-order chi connectivity index (χ0) is 24.5. The molecule has 0 aliphatic rings. The van der Waals surface area contributed by atoms with Gasteiger partial charge in [-0.1, -0.05) is 13.0 Å². The van der Waals surface area contributed by atoms with Gasteiger partial charge in [-0.05, 0) is 61.0 Å². The average molecular weight is 481 g/mol. The summed E-state index contributed by atoms with van der Waals surface area (Å²) in [6, 6.07) is 19.6. The standard InChI is InChI=1S/C26H28N2O5S/c1-5-24(26(30)28-22-16-20(32-3)13-14-23(22)33-4)34-21-8-6-7-18(15-21)27-25(29)17-9-11-19(31-2)12-10-17/h6-16,24H,5H2,1-4H3,(H,27,29)(H,28,30). The van der Waals surface area contributed by atoms with Crippen molar-refractivity contribution in [2.75, 3.05) is 32.0 Å². The van der Waals surface area contributed by atoms with Crippen molar-refractivity contribution in [2.24, 2.45) is 0 Å². The zero-order valence-corrected chi connectivity index (χ0v) is 20.4. The molecule has 7 nitrogen and oxygen atoms in total. The fourth-order valence-corrected chi connectivity index (χ4v) is 4.22. The number of rotatable bonds is 10. The van der Waals surface area contributed by atoms with E-state index in [9.17, 15) is 9.59 Å². The molecule has 0 heterocycles. The lowest BCUT2D eigenvalue weighted by Gasteiger charge is -2.17. The highest BCUT2D eigenvalue weighted by Crippen LogP contribution is 2.32. The van der Waals surface area contributed by atoms with Gasteiger partial charge in [-0.2, -0.15) is 0 Å². The van der Waals surface area contributed by atoms with E-state index in [1.807, 2.05) is 31.2 Å². The first-order chi connectivity index (χ1) is 16.5. The number of anilines is 2. The molecule has 2 amide bonds. The summed E-state index contributed by atoms with van der Waals surface area (Å²) in [5.74, 6) is 1.49. The maximum Gasteiger partial charge on any atom is 0.255 e. The van der Waals surface area contributed by atoms with Crippen molar-refractivity contribution in [3.8, 4) is 17.2 Å². The van der Waals surface area contributed by atoms with Crippen LogP contribution >= 0.6 is 11.8 Å². The van der Waals surface area contributed by atoms with Gasteiger partial charge in [0, 0.05) is 22.2 Å². The maximum atomic E-state index is 13.0. The number of hydrogen-bond donors (Lipinski definition) is 2. The number of thioether (sulfide) groups is 1. The van der Waals surface area contributed by atoms with E-state index in [2.05, 4.69) is 10.6 Å². The van der Waals surface area contributed by atoms with Crippen molar-refractivity contribution in [3.05, 3.63) is 72.3 Å². The largest absolute Gasteiger partial charge is 0.497 e. The van der Waals surface area contributed by atoms with Crippen LogP contribution in [0.1, 0.15) is 23.7 Å². The summed E-state index contributed by atoms with van der Waals surface area (Å²) in [4.78, 5) is 26.5. The summed E-state index contributed by atoms with van der Waals surface area (Å²) in [6.07, 6.45) is 0.616. The number of carbonyl (C=O) groups excluding carboxylic acids is 2. The van der Waals surface area contributed by atoms with Gasteiger partial charge in [-0.15, -0.1) is 11.8 Å². The molecule has 2 N–H and O–H groups in total. The Balaban J connectivity index is 1.68. The van der Waals surface area contributed by atoms with Gasteiger partial charge < -0.3 is 24.8 Å². The first-order valence-corrected chi connectivity index (χ1v) is 11.6. The molecule has 34 heavy (non-hydrogen) atoms. The lowest BCUT2D eigenvalue weighted by molar-refractivity contribution is -0.115. The van der Waals surface area contributed by atoms with Crippen LogP contribution in [0.3, 0.4) is 0 Å². The molecule has 0 fully saturated rings. The van der Waals surface area contributed by atoms with Crippen LogP contribution in [0.5, 0.6) is 17.2 Å². The number of hydrogen-bond acceptors (Lipinski definition) is 6. The van der Waals surface area contributed by atoms with Gasteiger partial charge in [0.15, 0.2) is 0 Å².